The summed E-state index contributed by atoms with van der Waals surface area (Å²) in [6.45, 7) is 8.13. The lowest BCUT2D eigenvalue weighted by Crippen LogP contribution is -2.22. The van der Waals surface area contributed by atoms with Crippen LogP contribution < -0.4 is 4.74 Å². The number of carbonyl (C=O) groups excluding carboxylic acids is 1. The molecule has 9 heteroatoms. The highest BCUT2D eigenvalue weighted by Gasteiger charge is 2.33. The Morgan fingerprint density at radius 1 is 1.14 bits per heavy atom. The highest BCUT2D eigenvalue weighted by molar-refractivity contribution is 7.90. The minimum atomic E-state index is -3.99. The minimum Gasteiger partial charge on any atom is -0.481 e. The summed E-state index contributed by atoms with van der Waals surface area (Å²) in [7, 11) is -2.76. The highest BCUT2D eigenvalue weighted by atomic mass is 32.2. The van der Waals surface area contributed by atoms with Crippen LogP contribution in [-0.2, 0) is 20.3 Å². The fraction of sp³-hybridized carbons (Fsp3) is 0.321. The van der Waals surface area contributed by atoms with Crippen LogP contribution in [0.3, 0.4) is 0 Å². The maximum absolute atomic E-state index is 14.1. The first kappa shape index (κ1) is 26.6. The van der Waals surface area contributed by atoms with E-state index in [9.17, 15) is 17.6 Å². The number of halogens is 1. The lowest BCUT2D eigenvalue weighted by Gasteiger charge is -2.25. The largest absolute Gasteiger partial charge is 0.481 e. The maximum atomic E-state index is 14.1. The molecule has 37 heavy (non-hydrogen) atoms. The van der Waals surface area contributed by atoms with E-state index in [0.29, 0.717) is 17.9 Å². The van der Waals surface area contributed by atoms with Crippen molar-refractivity contribution in [3.8, 4) is 16.9 Å². The zero-order valence-corrected chi connectivity index (χ0v) is 22.1. The highest BCUT2D eigenvalue weighted by Crippen LogP contribution is 2.46. The van der Waals surface area contributed by atoms with Crippen molar-refractivity contribution in [2.75, 3.05) is 26.7 Å². The van der Waals surface area contributed by atoms with Crippen LogP contribution in [0.1, 0.15) is 54.1 Å². The van der Waals surface area contributed by atoms with E-state index in [1.165, 1.54) is 19.2 Å². The molecule has 1 aromatic heterocycles. The monoisotopic (exact) mass is 527 g/mol. The van der Waals surface area contributed by atoms with Crippen molar-refractivity contribution >= 4 is 21.9 Å². The molecule has 196 valence electrons. The molecule has 1 aliphatic rings. The number of fused-ring (bicyclic) bond motifs is 3. The third kappa shape index (κ3) is 5.33. The van der Waals surface area contributed by atoms with Gasteiger partial charge in [-0.1, -0.05) is 38.1 Å². The van der Waals surface area contributed by atoms with Gasteiger partial charge in [-0.05, 0) is 55.4 Å². The molecule has 0 aliphatic carbocycles. The third-order valence-electron chi connectivity index (χ3n) is 6.49. The molecule has 1 unspecified atom stereocenters. The van der Waals surface area contributed by atoms with Crippen molar-refractivity contribution in [2.24, 2.45) is 0 Å². The molecular formula is C28H30FNO6S. The van der Waals surface area contributed by atoms with Crippen LogP contribution in [-0.4, -0.2) is 46.0 Å². The number of methoxy groups -OCH3 is 1. The lowest BCUT2D eigenvalue weighted by atomic mass is 9.95. The van der Waals surface area contributed by atoms with Gasteiger partial charge in [-0.15, -0.1) is 0 Å². The van der Waals surface area contributed by atoms with Gasteiger partial charge in [0.15, 0.2) is 21.7 Å². The fourth-order valence-electron chi connectivity index (χ4n) is 4.52. The minimum absolute atomic E-state index is 0.0235. The smallest absolute Gasteiger partial charge is 0.341 e. The van der Waals surface area contributed by atoms with Crippen LogP contribution in [0.2, 0.25) is 0 Å². The molecular weight excluding hydrogens is 497 g/mol. The summed E-state index contributed by atoms with van der Waals surface area (Å²) in [6.07, 6.45) is 4.50. The summed E-state index contributed by atoms with van der Waals surface area (Å²) >= 11 is 0. The Bertz CT molecular complexity index is 1440. The average molecular weight is 528 g/mol. The van der Waals surface area contributed by atoms with Crippen LogP contribution in [0, 0.1) is 5.82 Å². The standard InChI is InChI=1S/C28H30FNO6S/c1-5-30(6-2)14-7-8-19-16-21(29)10-12-24(19)37(32,33)17-20-9-11-22-23-13-15-35-26(23)18(3)36-27(22)25(20)28(31)34-4/h7-13,15-16,18H,5-6,14,17H2,1-4H3/b8-7-. The van der Waals surface area contributed by atoms with Gasteiger partial charge in [-0.3, -0.25) is 0 Å². The van der Waals surface area contributed by atoms with Gasteiger partial charge in [-0.2, -0.15) is 0 Å². The molecule has 1 aliphatic heterocycles. The van der Waals surface area contributed by atoms with Crippen molar-refractivity contribution < 1.29 is 31.5 Å². The van der Waals surface area contributed by atoms with Crippen molar-refractivity contribution in [1.82, 2.24) is 4.90 Å². The fourth-order valence-corrected chi connectivity index (χ4v) is 6.09. The second-order valence-electron chi connectivity index (χ2n) is 8.76. The van der Waals surface area contributed by atoms with E-state index in [1.807, 2.05) is 19.9 Å². The molecule has 0 fully saturated rings. The Morgan fingerprint density at radius 2 is 1.89 bits per heavy atom. The molecule has 2 heterocycles. The molecule has 0 radical (unpaired) electrons. The van der Waals surface area contributed by atoms with E-state index >= 15 is 0 Å². The number of hydrogen-bond acceptors (Lipinski definition) is 7. The van der Waals surface area contributed by atoms with Gasteiger partial charge >= 0.3 is 5.97 Å². The number of sulfone groups is 1. The van der Waals surface area contributed by atoms with Crippen LogP contribution in [0.25, 0.3) is 17.2 Å². The first-order chi connectivity index (χ1) is 17.7. The summed E-state index contributed by atoms with van der Waals surface area (Å²) in [5, 5.41) is 0. The number of carbonyl (C=O) groups is 1. The Hall–Kier alpha value is -3.43. The predicted molar refractivity (Wildman–Crippen MR) is 139 cm³/mol. The van der Waals surface area contributed by atoms with Gasteiger partial charge in [0.2, 0.25) is 0 Å². The maximum Gasteiger partial charge on any atom is 0.341 e. The lowest BCUT2D eigenvalue weighted by molar-refractivity contribution is 0.0591. The summed E-state index contributed by atoms with van der Waals surface area (Å²) in [5.74, 6) is -0.873. The summed E-state index contributed by atoms with van der Waals surface area (Å²) in [4.78, 5) is 15.0. The van der Waals surface area contributed by atoms with Gasteiger partial charge in [-0.25, -0.2) is 17.6 Å². The summed E-state index contributed by atoms with van der Waals surface area (Å²) in [5.41, 5.74) is 1.91. The Labute approximate surface area is 216 Å². The first-order valence-corrected chi connectivity index (χ1v) is 13.7. The molecule has 7 nitrogen and oxygen atoms in total. The van der Waals surface area contributed by atoms with Crippen molar-refractivity contribution in [2.45, 2.75) is 37.5 Å². The van der Waals surface area contributed by atoms with E-state index in [0.717, 1.165) is 24.7 Å². The van der Waals surface area contributed by atoms with Gasteiger partial charge in [0.05, 0.1) is 24.0 Å². The predicted octanol–water partition coefficient (Wildman–Crippen LogP) is 5.65. The van der Waals surface area contributed by atoms with Gasteiger partial charge in [0.1, 0.15) is 17.1 Å². The number of benzene rings is 2. The number of esters is 1. The second kappa shape index (κ2) is 10.9. The molecule has 0 spiro atoms. The molecule has 0 N–H and O–H groups in total. The molecule has 4 rings (SSSR count). The molecule has 0 amide bonds. The topological polar surface area (TPSA) is 86.1 Å². The van der Waals surface area contributed by atoms with E-state index in [1.54, 1.807) is 37.5 Å². The van der Waals surface area contributed by atoms with E-state index in [-0.39, 0.29) is 27.3 Å². The summed E-state index contributed by atoms with van der Waals surface area (Å²) in [6, 6.07) is 8.65. The van der Waals surface area contributed by atoms with E-state index in [2.05, 4.69) is 4.90 Å². The average Bonchev–Trinajstić information content (AvgIpc) is 3.37. The zero-order valence-electron chi connectivity index (χ0n) is 21.3. The van der Waals surface area contributed by atoms with E-state index < -0.39 is 33.5 Å². The van der Waals surface area contributed by atoms with Crippen molar-refractivity contribution in [3.05, 3.63) is 77.0 Å². The SMILES string of the molecule is CCN(CC)C/C=C\c1cc(F)ccc1S(=O)(=O)Cc1ccc2c(c1C(=O)OC)OC(C)c1occc1-2. The number of likely N-dealkylation sites (N-methyl/N-ethyl adjacent to an activating group) is 1. The number of nitrogens with zero attached hydrogens (tertiary/aromatic N) is 1. The normalized spacial score (nSPS) is 14.9. The quantitative estimate of drug-likeness (QED) is 0.262. The molecule has 1 atom stereocenters. The zero-order chi connectivity index (χ0) is 26.7. The van der Waals surface area contributed by atoms with Crippen molar-refractivity contribution in [3.63, 3.8) is 0 Å². The molecule has 3 aromatic rings. The van der Waals surface area contributed by atoms with Crippen LogP contribution in [0.5, 0.6) is 5.75 Å². The van der Waals surface area contributed by atoms with Crippen LogP contribution >= 0.6 is 0 Å². The Kier molecular flexibility index (Phi) is 7.85. The van der Waals surface area contributed by atoms with Gasteiger partial charge in [0, 0.05) is 17.7 Å². The Balaban J connectivity index is 1.75. The van der Waals surface area contributed by atoms with Gasteiger partial charge in [0.25, 0.3) is 0 Å². The third-order valence-corrected chi connectivity index (χ3v) is 8.22. The van der Waals surface area contributed by atoms with Crippen LogP contribution in [0.15, 0.2) is 58.1 Å². The molecule has 2 aromatic carbocycles. The van der Waals surface area contributed by atoms with Gasteiger partial charge < -0.3 is 18.8 Å². The number of ether oxygens (including phenoxy) is 2. The van der Waals surface area contributed by atoms with E-state index in [4.69, 9.17) is 13.9 Å². The number of furan rings is 1. The van der Waals surface area contributed by atoms with Crippen molar-refractivity contribution in [1.29, 1.82) is 0 Å². The molecule has 0 saturated heterocycles. The second-order valence-corrected chi connectivity index (χ2v) is 10.7. The molecule has 0 bridgehead atoms. The van der Waals surface area contributed by atoms with Crippen LogP contribution in [0.4, 0.5) is 4.39 Å². The molecule has 0 saturated carbocycles. The first-order valence-electron chi connectivity index (χ1n) is 12.1. The number of rotatable bonds is 9. The Morgan fingerprint density at radius 3 is 2.59 bits per heavy atom. The summed E-state index contributed by atoms with van der Waals surface area (Å²) < 4.78 is 57.9. The number of hydrogen-bond donors (Lipinski definition) is 0.